The Hall–Kier alpha value is -0.240. The molecule has 0 aliphatic carbocycles. The van der Waals surface area contributed by atoms with E-state index in [1.807, 2.05) is 0 Å². The molecule has 1 aliphatic rings. The second-order valence-corrected chi connectivity index (χ2v) is 2.97. The summed E-state index contributed by atoms with van der Waals surface area (Å²) in [7, 11) is 1.47. The van der Waals surface area contributed by atoms with Crippen LogP contribution < -0.4 is 5.90 Å². The molecule has 0 radical (unpaired) electrons. The van der Waals surface area contributed by atoms with Crippen LogP contribution in [0.3, 0.4) is 0 Å². The standard InChI is InChI=1S/C7H15NO5/c1-11-6-2-4(9)7(10)5(13-6)3-12-8/h4-7,9-10H,2-3,8H2,1H3/t4-,5?,6+,7+/m0/s1. The summed E-state index contributed by atoms with van der Waals surface area (Å²) in [5.74, 6) is 4.84. The number of aliphatic hydroxyl groups excluding tert-OH is 2. The highest BCUT2D eigenvalue weighted by Gasteiger charge is 2.36. The first-order chi connectivity index (χ1) is 6.19. The van der Waals surface area contributed by atoms with Gasteiger partial charge in [0.1, 0.15) is 12.2 Å². The van der Waals surface area contributed by atoms with Crippen LogP contribution in [0.5, 0.6) is 0 Å². The smallest absolute Gasteiger partial charge is 0.160 e. The summed E-state index contributed by atoms with van der Waals surface area (Å²) in [4.78, 5) is 4.34. The van der Waals surface area contributed by atoms with Crippen molar-refractivity contribution in [1.29, 1.82) is 0 Å². The van der Waals surface area contributed by atoms with Gasteiger partial charge in [0.15, 0.2) is 6.29 Å². The SMILES string of the molecule is CO[C@H]1C[C@H](O)[C@@H](O)C(CON)O1. The van der Waals surface area contributed by atoms with E-state index in [0.717, 1.165) is 0 Å². The van der Waals surface area contributed by atoms with Crippen molar-refractivity contribution in [3.8, 4) is 0 Å². The summed E-state index contributed by atoms with van der Waals surface area (Å²) in [5, 5.41) is 18.8. The van der Waals surface area contributed by atoms with Crippen molar-refractivity contribution in [1.82, 2.24) is 0 Å². The fourth-order valence-corrected chi connectivity index (χ4v) is 1.30. The van der Waals surface area contributed by atoms with Crippen LogP contribution in [0.25, 0.3) is 0 Å². The van der Waals surface area contributed by atoms with Gasteiger partial charge in [0.25, 0.3) is 0 Å². The van der Waals surface area contributed by atoms with E-state index in [4.69, 9.17) is 15.4 Å². The number of aliphatic hydroxyl groups is 2. The van der Waals surface area contributed by atoms with Gasteiger partial charge in [-0.3, -0.25) is 0 Å². The highest BCUT2D eigenvalue weighted by Crippen LogP contribution is 2.20. The second-order valence-electron chi connectivity index (χ2n) is 2.97. The molecule has 13 heavy (non-hydrogen) atoms. The number of nitrogens with two attached hydrogens (primary N) is 1. The van der Waals surface area contributed by atoms with Crippen molar-refractivity contribution in [3.05, 3.63) is 0 Å². The molecule has 0 bridgehead atoms. The molecule has 1 unspecified atom stereocenters. The summed E-state index contributed by atoms with van der Waals surface area (Å²) in [6.45, 7) is 0.0259. The van der Waals surface area contributed by atoms with E-state index in [0.29, 0.717) is 0 Å². The molecule has 0 aromatic heterocycles. The van der Waals surface area contributed by atoms with E-state index in [1.165, 1.54) is 7.11 Å². The molecule has 1 aliphatic heterocycles. The second kappa shape index (κ2) is 4.85. The van der Waals surface area contributed by atoms with Crippen LogP contribution in [0.2, 0.25) is 0 Å². The molecule has 1 rings (SSSR count). The van der Waals surface area contributed by atoms with Crippen LogP contribution in [0, 0.1) is 0 Å². The fraction of sp³-hybridized carbons (Fsp3) is 1.00. The fourth-order valence-electron chi connectivity index (χ4n) is 1.30. The molecule has 6 heteroatoms. The number of methoxy groups -OCH3 is 1. The third-order valence-electron chi connectivity index (χ3n) is 2.06. The van der Waals surface area contributed by atoms with E-state index < -0.39 is 24.6 Å². The molecule has 1 saturated heterocycles. The van der Waals surface area contributed by atoms with Gasteiger partial charge < -0.3 is 24.5 Å². The van der Waals surface area contributed by atoms with Crippen LogP contribution in [0.15, 0.2) is 0 Å². The number of rotatable bonds is 3. The molecule has 0 aromatic carbocycles. The van der Waals surface area contributed by atoms with Crippen LogP contribution in [0.4, 0.5) is 0 Å². The predicted molar refractivity (Wildman–Crippen MR) is 42.4 cm³/mol. The summed E-state index contributed by atoms with van der Waals surface area (Å²) in [6, 6.07) is 0. The summed E-state index contributed by atoms with van der Waals surface area (Å²) >= 11 is 0. The largest absolute Gasteiger partial charge is 0.390 e. The van der Waals surface area contributed by atoms with Gasteiger partial charge in [-0.2, -0.15) is 0 Å². The van der Waals surface area contributed by atoms with Crippen LogP contribution in [-0.4, -0.2) is 48.5 Å². The Morgan fingerprint density at radius 1 is 1.54 bits per heavy atom. The Bertz CT molecular complexity index is 156. The van der Waals surface area contributed by atoms with Crippen LogP contribution >= 0.6 is 0 Å². The van der Waals surface area contributed by atoms with E-state index >= 15 is 0 Å². The highest BCUT2D eigenvalue weighted by atomic mass is 16.7. The third kappa shape index (κ3) is 2.60. The molecule has 0 aromatic rings. The lowest BCUT2D eigenvalue weighted by molar-refractivity contribution is -0.252. The minimum Gasteiger partial charge on any atom is -0.390 e. The quantitative estimate of drug-likeness (QED) is 0.465. The number of hydrogen-bond donors (Lipinski definition) is 3. The van der Waals surface area contributed by atoms with Gasteiger partial charge in [-0.05, 0) is 0 Å². The van der Waals surface area contributed by atoms with E-state index in [-0.39, 0.29) is 13.0 Å². The van der Waals surface area contributed by atoms with Gasteiger partial charge in [-0.15, -0.1) is 0 Å². The number of hydrogen-bond acceptors (Lipinski definition) is 6. The van der Waals surface area contributed by atoms with Crippen molar-refractivity contribution in [2.24, 2.45) is 5.90 Å². The molecule has 78 valence electrons. The summed E-state index contributed by atoms with van der Waals surface area (Å²) < 4.78 is 10.1. The maximum atomic E-state index is 9.42. The van der Waals surface area contributed by atoms with E-state index in [9.17, 15) is 10.2 Å². The molecule has 0 spiro atoms. The zero-order valence-corrected chi connectivity index (χ0v) is 7.42. The van der Waals surface area contributed by atoms with Gasteiger partial charge in [-0.1, -0.05) is 0 Å². The Kier molecular flexibility index (Phi) is 4.04. The molecular weight excluding hydrogens is 178 g/mol. The zero-order valence-electron chi connectivity index (χ0n) is 7.42. The van der Waals surface area contributed by atoms with Crippen molar-refractivity contribution in [3.63, 3.8) is 0 Å². The Morgan fingerprint density at radius 3 is 2.77 bits per heavy atom. The Morgan fingerprint density at radius 2 is 2.23 bits per heavy atom. The van der Waals surface area contributed by atoms with Gasteiger partial charge in [0.2, 0.25) is 0 Å². The van der Waals surface area contributed by atoms with E-state index in [1.54, 1.807) is 0 Å². The zero-order chi connectivity index (χ0) is 9.84. The van der Waals surface area contributed by atoms with Crippen molar-refractivity contribution < 1.29 is 24.5 Å². The maximum Gasteiger partial charge on any atom is 0.160 e. The number of ether oxygens (including phenoxy) is 2. The van der Waals surface area contributed by atoms with Gasteiger partial charge in [-0.25, -0.2) is 5.90 Å². The first kappa shape index (κ1) is 10.8. The molecule has 4 N–H and O–H groups in total. The monoisotopic (exact) mass is 193 g/mol. The molecule has 6 nitrogen and oxygen atoms in total. The molecular formula is C7H15NO5. The minimum atomic E-state index is -0.977. The Labute approximate surface area is 76.1 Å². The van der Waals surface area contributed by atoms with E-state index in [2.05, 4.69) is 4.84 Å². The normalized spacial score (nSPS) is 40.6. The lowest BCUT2D eigenvalue weighted by atomic mass is 10.0. The van der Waals surface area contributed by atoms with Crippen molar-refractivity contribution in [2.75, 3.05) is 13.7 Å². The van der Waals surface area contributed by atoms with Crippen LogP contribution in [-0.2, 0) is 14.3 Å². The lowest BCUT2D eigenvalue weighted by Gasteiger charge is -2.35. The lowest BCUT2D eigenvalue weighted by Crippen LogP contribution is -2.50. The van der Waals surface area contributed by atoms with Gasteiger partial charge >= 0.3 is 0 Å². The first-order valence-corrected chi connectivity index (χ1v) is 4.05. The summed E-state index contributed by atoms with van der Waals surface area (Å²) in [6.07, 6.45) is -2.75. The van der Waals surface area contributed by atoms with Gasteiger partial charge in [0, 0.05) is 13.5 Å². The van der Waals surface area contributed by atoms with Crippen molar-refractivity contribution >= 4 is 0 Å². The predicted octanol–water partition coefficient (Wildman–Crippen LogP) is -1.64. The molecule has 1 fully saturated rings. The maximum absolute atomic E-state index is 9.42. The van der Waals surface area contributed by atoms with Crippen LogP contribution in [0.1, 0.15) is 6.42 Å². The average Bonchev–Trinajstić information content (AvgIpc) is 2.13. The molecule has 4 atom stereocenters. The van der Waals surface area contributed by atoms with Gasteiger partial charge in [0.05, 0.1) is 12.7 Å². The topological polar surface area (TPSA) is 94.2 Å². The summed E-state index contributed by atoms with van der Waals surface area (Å²) in [5.41, 5.74) is 0. The first-order valence-electron chi connectivity index (χ1n) is 4.05. The molecule has 1 heterocycles. The molecule has 0 saturated carbocycles. The van der Waals surface area contributed by atoms with Crippen molar-refractivity contribution in [2.45, 2.75) is 31.0 Å². The highest BCUT2D eigenvalue weighted by molar-refractivity contribution is 4.82. The Balaban J connectivity index is 2.50. The molecule has 0 amide bonds. The third-order valence-corrected chi connectivity index (χ3v) is 2.06. The minimum absolute atomic E-state index is 0.0259. The average molecular weight is 193 g/mol.